The molecular formula is C28H32IN5O4. The van der Waals surface area contributed by atoms with Crippen LogP contribution in [0.4, 0.5) is 16.5 Å². The fourth-order valence-corrected chi connectivity index (χ4v) is 5.81. The van der Waals surface area contributed by atoms with Crippen molar-refractivity contribution in [2.75, 3.05) is 49.6 Å². The minimum absolute atomic E-state index is 0.0816. The number of alkyl halides is 1. The van der Waals surface area contributed by atoms with Crippen LogP contribution in [-0.4, -0.2) is 70.0 Å². The third-order valence-electron chi connectivity index (χ3n) is 7.53. The van der Waals surface area contributed by atoms with Gasteiger partial charge in [-0.25, -0.2) is 4.79 Å². The van der Waals surface area contributed by atoms with Gasteiger partial charge in [-0.05, 0) is 41.0 Å². The molecule has 0 bridgehead atoms. The average Bonchev–Trinajstić information content (AvgIpc) is 3.53. The lowest BCUT2D eigenvalue weighted by Crippen LogP contribution is -2.47. The van der Waals surface area contributed by atoms with Crippen LogP contribution in [0.3, 0.4) is 0 Å². The largest absolute Gasteiger partial charge is 0.487 e. The zero-order valence-corrected chi connectivity index (χ0v) is 23.6. The minimum atomic E-state index is -0.176. The van der Waals surface area contributed by atoms with Gasteiger partial charge in [-0.15, -0.1) is 0 Å². The van der Waals surface area contributed by atoms with Crippen LogP contribution < -0.4 is 15.0 Å². The Bertz CT molecular complexity index is 1280. The van der Waals surface area contributed by atoms with Crippen molar-refractivity contribution < 1.29 is 18.8 Å². The second kappa shape index (κ2) is 10.7. The molecule has 1 aromatic heterocycles. The maximum Gasteiger partial charge on any atom is 0.324 e. The van der Waals surface area contributed by atoms with Crippen molar-refractivity contribution in [3.05, 3.63) is 53.9 Å². The van der Waals surface area contributed by atoms with E-state index < -0.39 is 0 Å². The molecule has 4 heterocycles. The summed E-state index contributed by atoms with van der Waals surface area (Å²) in [6.07, 6.45) is 3.54. The lowest BCUT2D eigenvalue weighted by atomic mass is 9.86. The van der Waals surface area contributed by atoms with Crippen molar-refractivity contribution in [3.63, 3.8) is 0 Å². The first-order valence-corrected chi connectivity index (χ1v) is 14.5. The Kier molecular flexibility index (Phi) is 7.17. The number of rotatable bonds is 5. The van der Waals surface area contributed by atoms with Crippen molar-refractivity contribution >= 4 is 40.3 Å². The van der Waals surface area contributed by atoms with Crippen LogP contribution in [0.25, 0.3) is 11.1 Å². The van der Waals surface area contributed by atoms with Crippen LogP contribution in [0.2, 0.25) is 0 Å². The predicted molar refractivity (Wildman–Crippen MR) is 153 cm³/mol. The topological polar surface area (TPSA) is 93.0 Å². The maximum atomic E-state index is 12.5. The molecular weight excluding hydrogens is 597 g/mol. The summed E-state index contributed by atoms with van der Waals surface area (Å²) in [4.78, 5) is 21.0. The fraction of sp³-hybridized carbons (Fsp3) is 0.464. The Hall–Kier alpha value is -2.86. The summed E-state index contributed by atoms with van der Waals surface area (Å²) in [5, 5.41) is 7.13. The third kappa shape index (κ3) is 5.47. The number of ether oxygens (including phenoxy) is 2. The maximum absolute atomic E-state index is 12.5. The molecule has 2 aromatic carbocycles. The summed E-state index contributed by atoms with van der Waals surface area (Å²) >= 11 is 2.38. The number of benzene rings is 2. The highest BCUT2D eigenvalue weighted by molar-refractivity contribution is 14.1. The Morgan fingerprint density at radius 3 is 2.55 bits per heavy atom. The standard InChI is InChI=1S/C28H32IN5O4/c1-19(29)16-25-31-27(38-32-25)34-10-8-28(9-11-34)18-22-17-21(4-7-24(22)37-28)20-2-5-23(6-3-20)30-26(35)33-12-14-36-15-13-33/h2-7,17,19H,8-16,18H2,1H3,(H,30,35). The molecule has 10 heteroatoms. The molecule has 3 aliphatic rings. The normalized spacial score (nSPS) is 19.2. The smallest absolute Gasteiger partial charge is 0.324 e. The molecule has 9 nitrogen and oxygen atoms in total. The van der Waals surface area contributed by atoms with Gasteiger partial charge in [0.2, 0.25) is 0 Å². The lowest BCUT2D eigenvalue weighted by Gasteiger charge is -2.37. The van der Waals surface area contributed by atoms with Gasteiger partial charge >= 0.3 is 12.0 Å². The number of hydrogen-bond donors (Lipinski definition) is 1. The molecule has 6 rings (SSSR count). The van der Waals surface area contributed by atoms with Crippen molar-refractivity contribution in [1.82, 2.24) is 15.0 Å². The first-order chi connectivity index (χ1) is 18.5. The lowest BCUT2D eigenvalue weighted by molar-refractivity contribution is 0.0564. The van der Waals surface area contributed by atoms with E-state index in [1.165, 1.54) is 5.56 Å². The number of urea groups is 1. The summed E-state index contributed by atoms with van der Waals surface area (Å²) < 4.78 is 17.9. The molecule has 0 saturated carbocycles. The van der Waals surface area contributed by atoms with Gasteiger partial charge in [0.15, 0.2) is 5.82 Å². The molecule has 1 spiro atoms. The molecule has 38 heavy (non-hydrogen) atoms. The molecule has 3 aliphatic heterocycles. The Labute approximate surface area is 236 Å². The van der Waals surface area contributed by atoms with E-state index in [9.17, 15) is 4.79 Å². The molecule has 1 N–H and O–H groups in total. The molecule has 2 amide bonds. The number of carbonyl (C=O) groups is 1. The Morgan fingerprint density at radius 1 is 1.08 bits per heavy atom. The van der Waals surface area contributed by atoms with Crippen molar-refractivity contribution in [2.24, 2.45) is 0 Å². The second-order valence-electron chi connectivity index (χ2n) is 10.4. The van der Waals surface area contributed by atoms with Crippen molar-refractivity contribution in [3.8, 4) is 16.9 Å². The summed E-state index contributed by atoms with van der Waals surface area (Å²) in [5.74, 6) is 1.75. The summed E-state index contributed by atoms with van der Waals surface area (Å²) in [7, 11) is 0. The SMILES string of the molecule is CC(I)Cc1noc(N2CCC3(CC2)Cc2cc(-c4ccc(NC(=O)N5CCOCC5)cc4)ccc2O3)n1. The first-order valence-electron chi connectivity index (χ1n) is 13.2. The highest BCUT2D eigenvalue weighted by Crippen LogP contribution is 2.43. The van der Waals surface area contributed by atoms with E-state index in [1.54, 1.807) is 4.90 Å². The van der Waals surface area contributed by atoms with E-state index in [0.717, 1.165) is 67.2 Å². The highest BCUT2D eigenvalue weighted by atomic mass is 127. The number of nitrogens with zero attached hydrogens (tertiary/aromatic N) is 4. The zero-order valence-electron chi connectivity index (χ0n) is 21.5. The van der Waals surface area contributed by atoms with Crippen LogP contribution in [0.15, 0.2) is 47.0 Å². The first kappa shape index (κ1) is 25.4. The van der Waals surface area contributed by atoms with Gasteiger partial charge in [0.25, 0.3) is 0 Å². The number of morpholine rings is 1. The number of piperidine rings is 1. The van der Waals surface area contributed by atoms with Crippen LogP contribution in [-0.2, 0) is 17.6 Å². The molecule has 0 aliphatic carbocycles. The number of halogens is 1. The van der Waals surface area contributed by atoms with Crippen molar-refractivity contribution in [1.29, 1.82) is 0 Å². The average molecular weight is 629 g/mol. The number of anilines is 2. The monoisotopic (exact) mass is 629 g/mol. The summed E-state index contributed by atoms with van der Waals surface area (Å²) in [6, 6.07) is 15.0. The van der Waals surface area contributed by atoms with Gasteiger partial charge in [-0.1, -0.05) is 52.9 Å². The van der Waals surface area contributed by atoms with Gasteiger partial charge < -0.3 is 29.1 Å². The number of aromatic nitrogens is 2. The molecule has 2 saturated heterocycles. The van der Waals surface area contributed by atoms with E-state index in [-0.39, 0.29) is 11.6 Å². The van der Waals surface area contributed by atoms with Gasteiger partial charge in [0, 0.05) is 61.5 Å². The molecule has 200 valence electrons. The Balaban J connectivity index is 1.07. The quantitative estimate of drug-likeness (QED) is 0.316. The van der Waals surface area contributed by atoms with Crippen molar-refractivity contribution in [2.45, 2.75) is 42.1 Å². The number of carbonyl (C=O) groups excluding carboxylic acids is 1. The zero-order chi connectivity index (χ0) is 26.1. The third-order valence-corrected chi connectivity index (χ3v) is 7.97. The molecule has 1 atom stereocenters. The number of nitrogens with one attached hydrogen (secondary N) is 1. The molecule has 2 fully saturated rings. The molecule has 0 radical (unpaired) electrons. The van der Waals surface area contributed by atoms with Crippen LogP contribution in [0, 0.1) is 0 Å². The van der Waals surface area contributed by atoms with Crippen LogP contribution in [0.5, 0.6) is 5.75 Å². The van der Waals surface area contributed by atoms with E-state index in [1.807, 2.05) is 12.1 Å². The van der Waals surface area contributed by atoms with E-state index in [2.05, 4.69) is 80.2 Å². The van der Waals surface area contributed by atoms with E-state index in [4.69, 9.17) is 14.0 Å². The molecule has 3 aromatic rings. The minimum Gasteiger partial charge on any atom is -0.487 e. The summed E-state index contributed by atoms with van der Waals surface area (Å²) in [6.45, 7) is 6.23. The predicted octanol–water partition coefficient (Wildman–Crippen LogP) is 4.94. The number of fused-ring (bicyclic) bond motifs is 1. The Morgan fingerprint density at radius 2 is 1.82 bits per heavy atom. The van der Waals surface area contributed by atoms with Gasteiger partial charge in [0.1, 0.15) is 11.4 Å². The van der Waals surface area contributed by atoms with Crippen LogP contribution in [0.1, 0.15) is 31.2 Å². The fourth-order valence-electron chi connectivity index (χ4n) is 5.42. The van der Waals surface area contributed by atoms with Gasteiger partial charge in [-0.2, -0.15) is 4.98 Å². The highest BCUT2D eigenvalue weighted by Gasteiger charge is 2.43. The molecule has 1 unspecified atom stereocenters. The number of amides is 2. The van der Waals surface area contributed by atoms with Gasteiger partial charge in [-0.3, -0.25) is 0 Å². The van der Waals surface area contributed by atoms with Crippen LogP contribution >= 0.6 is 22.6 Å². The second-order valence-corrected chi connectivity index (χ2v) is 12.5. The number of hydrogen-bond acceptors (Lipinski definition) is 7. The van der Waals surface area contributed by atoms with Gasteiger partial charge in [0.05, 0.1) is 13.2 Å². The van der Waals surface area contributed by atoms with E-state index >= 15 is 0 Å². The summed E-state index contributed by atoms with van der Waals surface area (Å²) in [5.41, 5.74) is 4.12. The van der Waals surface area contributed by atoms with E-state index in [0.29, 0.717) is 36.2 Å².